The lowest BCUT2D eigenvalue weighted by molar-refractivity contribution is 0.603. The lowest BCUT2D eigenvalue weighted by Crippen LogP contribution is -2.31. The van der Waals surface area contributed by atoms with Crippen molar-refractivity contribution >= 4 is 11.4 Å². The third-order valence-electron chi connectivity index (χ3n) is 3.74. The first-order chi connectivity index (χ1) is 9.34. The number of hydrogen-bond acceptors (Lipinski definition) is 3. The van der Waals surface area contributed by atoms with Crippen molar-refractivity contribution in [1.82, 2.24) is 9.55 Å². The van der Waals surface area contributed by atoms with E-state index in [1.807, 2.05) is 24.8 Å². The molecule has 0 radical (unpaired) electrons. The Hall–Kier alpha value is -1.97. The Kier molecular flexibility index (Phi) is 3.40. The maximum absolute atomic E-state index is 6.14. The van der Waals surface area contributed by atoms with Crippen LogP contribution in [0.3, 0.4) is 0 Å². The number of aryl methyl sites for hydroxylation is 2. The van der Waals surface area contributed by atoms with Gasteiger partial charge in [0.1, 0.15) is 0 Å². The molecule has 1 aromatic carbocycles. The second-order valence-electron chi connectivity index (χ2n) is 5.10. The maximum Gasteiger partial charge on any atom is 0.0945 e. The normalized spacial score (nSPS) is 14.4. The van der Waals surface area contributed by atoms with Crippen LogP contribution in [0.2, 0.25) is 0 Å². The summed E-state index contributed by atoms with van der Waals surface area (Å²) in [5.74, 6) is 0. The first-order valence-electron chi connectivity index (χ1n) is 6.92. The van der Waals surface area contributed by atoms with E-state index in [0.29, 0.717) is 0 Å². The van der Waals surface area contributed by atoms with Crippen molar-refractivity contribution in [3.8, 4) is 0 Å². The fourth-order valence-electron chi connectivity index (χ4n) is 2.86. The zero-order chi connectivity index (χ0) is 13.1. The highest BCUT2D eigenvalue weighted by Crippen LogP contribution is 2.32. The van der Waals surface area contributed by atoms with E-state index in [9.17, 15) is 0 Å². The Morgan fingerprint density at radius 2 is 2.21 bits per heavy atom. The molecule has 2 N–H and O–H groups in total. The molecule has 0 unspecified atom stereocenters. The highest BCUT2D eigenvalue weighted by molar-refractivity contribution is 5.72. The van der Waals surface area contributed by atoms with Gasteiger partial charge in [-0.15, -0.1) is 0 Å². The second-order valence-corrected chi connectivity index (χ2v) is 5.10. The largest absolute Gasteiger partial charge is 0.397 e. The molecular formula is C15H20N4. The summed E-state index contributed by atoms with van der Waals surface area (Å²) < 4.78 is 2.12. The lowest BCUT2D eigenvalue weighted by Gasteiger charge is -2.32. The number of anilines is 2. The zero-order valence-electron chi connectivity index (χ0n) is 11.1. The summed E-state index contributed by atoms with van der Waals surface area (Å²) in [7, 11) is 0. The molecule has 100 valence electrons. The van der Waals surface area contributed by atoms with E-state index in [1.165, 1.54) is 17.7 Å². The number of benzene rings is 1. The van der Waals surface area contributed by atoms with Gasteiger partial charge in [0, 0.05) is 32.0 Å². The highest BCUT2D eigenvalue weighted by Gasteiger charge is 2.18. The number of imidazole rings is 1. The average molecular weight is 256 g/mol. The van der Waals surface area contributed by atoms with Crippen LogP contribution in [-0.2, 0) is 13.0 Å². The Morgan fingerprint density at radius 1 is 1.26 bits per heavy atom. The van der Waals surface area contributed by atoms with Gasteiger partial charge >= 0.3 is 0 Å². The molecule has 0 aliphatic carbocycles. The van der Waals surface area contributed by atoms with Crippen molar-refractivity contribution in [1.29, 1.82) is 0 Å². The van der Waals surface area contributed by atoms with Gasteiger partial charge in [0.05, 0.1) is 17.7 Å². The summed E-state index contributed by atoms with van der Waals surface area (Å²) in [6.45, 7) is 3.18. The molecule has 3 rings (SSSR count). The van der Waals surface area contributed by atoms with Gasteiger partial charge in [-0.05, 0) is 30.9 Å². The zero-order valence-corrected chi connectivity index (χ0v) is 11.1. The molecule has 4 heteroatoms. The van der Waals surface area contributed by atoms with E-state index in [4.69, 9.17) is 5.73 Å². The Bertz CT molecular complexity index is 533. The summed E-state index contributed by atoms with van der Waals surface area (Å²) in [6.07, 6.45) is 9.20. The van der Waals surface area contributed by atoms with Crippen LogP contribution < -0.4 is 10.6 Å². The molecule has 1 aromatic heterocycles. The number of rotatable bonds is 4. The Balaban J connectivity index is 1.66. The lowest BCUT2D eigenvalue weighted by atomic mass is 10.0. The number of aromatic nitrogens is 2. The molecule has 0 amide bonds. The highest BCUT2D eigenvalue weighted by atomic mass is 15.1. The minimum absolute atomic E-state index is 0.917. The first kappa shape index (κ1) is 12.1. The van der Waals surface area contributed by atoms with Crippen LogP contribution in [0.1, 0.15) is 18.4 Å². The third kappa shape index (κ3) is 2.57. The molecular weight excluding hydrogens is 236 g/mol. The number of nitrogen functional groups attached to an aromatic ring is 1. The van der Waals surface area contributed by atoms with Gasteiger partial charge in [0.15, 0.2) is 0 Å². The fraction of sp³-hybridized carbons (Fsp3) is 0.400. The third-order valence-corrected chi connectivity index (χ3v) is 3.74. The van der Waals surface area contributed by atoms with Crippen molar-refractivity contribution in [3.05, 3.63) is 42.5 Å². The summed E-state index contributed by atoms with van der Waals surface area (Å²) in [5.41, 5.74) is 9.72. The van der Waals surface area contributed by atoms with E-state index in [-0.39, 0.29) is 0 Å². The molecule has 0 bridgehead atoms. The molecule has 0 saturated heterocycles. The van der Waals surface area contributed by atoms with E-state index >= 15 is 0 Å². The fourth-order valence-corrected chi connectivity index (χ4v) is 2.86. The van der Waals surface area contributed by atoms with E-state index in [1.54, 1.807) is 0 Å². The molecule has 19 heavy (non-hydrogen) atoms. The quantitative estimate of drug-likeness (QED) is 0.854. The molecule has 2 heterocycles. The predicted molar refractivity (Wildman–Crippen MR) is 78.2 cm³/mol. The van der Waals surface area contributed by atoms with Crippen molar-refractivity contribution in [2.75, 3.05) is 23.7 Å². The standard InChI is InChI=1S/C15H20N4/c16-14-6-1-4-13-5-2-9-19(15(13)14)10-3-8-18-11-7-17-12-18/h1,4,6-7,11-12H,2-3,5,8-10,16H2. The molecule has 0 spiro atoms. The maximum atomic E-state index is 6.14. The Morgan fingerprint density at radius 3 is 3.05 bits per heavy atom. The SMILES string of the molecule is Nc1cccc2c1N(CCCn1ccnc1)CCC2. The molecule has 0 saturated carbocycles. The van der Waals surface area contributed by atoms with Gasteiger partial charge in [-0.1, -0.05) is 12.1 Å². The van der Waals surface area contributed by atoms with Gasteiger partial charge in [-0.3, -0.25) is 0 Å². The minimum Gasteiger partial charge on any atom is -0.397 e. The molecule has 1 aliphatic heterocycles. The predicted octanol–water partition coefficient (Wildman–Crippen LogP) is 2.31. The summed E-state index contributed by atoms with van der Waals surface area (Å²) in [4.78, 5) is 6.50. The minimum atomic E-state index is 0.917. The van der Waals surface area contributed by atoms with E-state index in [2.05, 4.69) is 26.6 Å². The number of para-hydroxylation sites is 1. The molecule has 0 atom stereocenters. The molecule has 1 aliphatic rings. The van der Waals surface area contributed by atoms with Crippen LogP contribution in [0.5, 0.6) is 0 Å². The Labute approximate surface area is 113 Å². The summed E-state index contributed by atoms with van der Waals surface area (Å²) >= 11 is 0. The van der Waals surface area contributed by atoms with Gasteiger partial charge < -0.3 is 15.2 Å². The smallest absolute Gasteiger partial charge is 0.0945 e. The topological polar surface area (TPSA) is 47.1 Å². The van der Waals surface area contributed by atoms with Gasteiger partial charge in [0.25, 0.3) is 0 Å². The van der Waals surface area contributed by atoms with Crippen LogP contribution >= 0.6 is 0 Å². The first-order valence-corrected chi connectivity index (χ1v) is 6.92. The average Bonchev–Trinajstić information content (AvgIpc) is 2.92. The van der Waals surface area contributed by atoms with Crippen molar-refractivity contribution in [3.63, 3.8) is 0 Å². The second kappa shape index (κ2) is 5.34. The number of hydrogen-bond donors (Lipinski definition) is 1. The van der Waals surface area contributed by atoms with Crippen LogP contribution in [0.15, 0.2) is 36.9 Å². The summed E-state index contributed by atoms with van der Waals surface area (Å²) in [6, 6.07) is 6.27. The van der Waals surface area contributed by atoms with E-state index in [0.717, 1.165) is 38.2 Å². The van der Waals surface area contributed by atoms with Crippen molar-refractivity contribution in [2.45, 2.75) is 25.8 Å². The van der Waals surface area contributed by atoms with Crippen molar-refractivity contribution in [2.24, 2.45) is 0 Å². The van der Waals surface area contributed by atoms with Gasteiger partial charge in [0.2, 0.25) is 0 Å². The number of nitrogens with two attached hydrogens (primary N) is 1. The number of fused-ring (bicyclic) bond motifs is 1. The van der Waals surface area contributed by atoms with E-state index < -0.39 is 0 Å². The monoisotopic (exact) mass is 256 g/mol. The van der Waals surface area contributed by atoms with Crippen molar-refractivity contribution < 1.29 is 0 Å². The molecule has 4 nitrogen and oxygen atoms in total. The molecule has 0 fully saturated rings. The van der Waals surface area contributed by atoms with Crippen LogP contribution in [0.25, 0.3) is 0 Å². The summed E-state index contributed by atoms with van der Waals surface area (Å²) in [5, 5.41) is 0. The van der Waals surface area contributed by atoms with Gasteiger partial charge in [-0.2, -0.15) is 0 Å². The van der Waals surface area contributed by atoms with Crippen LogP contribution in [-0.4, -0.2) is 22.6 Å². The van der Waals surface area contributed by atoms with Crippen LogP contribution in [0.4, 0.5) is 11.4 Å². The van der Waals surface area contributed by atoms with Gasteiger partial charge in [-0.25, -0.2) is 4.98 Å². The van der Waals surface area contributed by atoms with Crippen LogP contribution in [0, 0.1) is 0 Å². The molecule has 2 aromatic rings. The number of nitrogens with zero attached hydrogens (tertiary/aromatic N) is 3.